The number of rotatable bonds is 12. The van der Waals surface area contributed by atoms with Crippen LogP contribution in [-0.2, 0) is 13.6 Å². The van der Waals surface area contributed by atoms with Crippen LogP contribution < -0.4 is 0 Å². The number of hydrogen-bond acceptors (Lipinski definition) is 7. The molecule has 0 aliphatic rings. The lowest BCUT2D eigenvalue weighted by Gasteiger charge is -2.25. The van der Waals surface area contributed by atoms with Gasteiger partial charge in [0.25, 0.3) is 0 Å². The van der Waals surface area contributed by atoms with Gasteiger partial charge in [0.05, 0.1) is 38.7 Å². The minimum atomic E-state index is -3.27. The largest absolute Gasteiger partial charge is 0.395 e. The van der Waals surface area contributed by atoms with Crippen molar-refractivity contribution in [2.45, 2.75) is 20.0 Å². The van der Waals surface area contributed by atoms with Crippen molar-refractivity contribution in [3.63, 3.8) is 0 Å². The molecule has 0 radical (unpaired) electrons. The van der Waals surface area contributed by atoms with E-state index in [0.29, 0.717) is 13.1 Å². The zero-order valence-corrected chi connectivity index (χ0v) is 12.6. The van der Waals surface area contributed by atoms with Crippen LogP contribution >= 0.6 is 7.60 Å². The summed E-state index contributed by atoms with van der Waals surface area (Å²) in [6, 6.07) is 0. The predicted octanol–water partition coefficient (Wildman–Crippen LogP) is -0.100. The van der Waals surface area contributed by atoms with Crippen molar-refractivity contribution in [2.75, 3.05) is 52.2 Å². The molecule has 0 spiro atoms. The van der Waals surface area contributed by atoms with Gasteiger partial charge in [0.15, 0.2) is 0 Å². The average molecular weight is 299 g/mol. The average Bonchev–Trinajstić information content (AvgIpc) is 2.29. The van der Waals surface area contributed by atoms with E-state index in [-0.39, 0.29) is 39.1 Å². The Morgan fingerprint density at radius 2 is 1.58 bits per heavy atom. The lowest BCUT2D eigenvalue weighted by Crippen LogP contribution is -2.38. The molecule has 1 atom stereocenters. The first kappa shape index (κ1) is 19.0. The van der Waals surface area contributed by atoms with E-state index in [1.54, 1.807) is 18.7 Å². The highest BCUT2D eigenvalue weighted by Gasteiger charge is 2.28. The molecule has 116 valence electrons. The number of aliphatic hydroxyl groups excluding tert-OH is 3. The molecule has 0 aromatic rings. The molecule has 0 saturated heterocycles. The molecule has 0 aliphatic heterocycles. The van der Waals surface area contributed by atoms with Crippen LogP contribution in [-0.4, -0.2) is 78.5 Å². The van der Waals surface area contributed by atoms with E-state index in [4.69, 9.17) is 19.3 Å². The van der Waals surface area contributed by atoms with Crippen molar-refractivity contribution in [1.29, 1.82) is 0 Å². The fourth-order valence-corrected chi connectivity index (χ4v) is 3.43. The standard InChI is InChI=1S/C11H26NO6P/c1-3-17-19(16,18-4-2)10-11(15)9-12(5-7-13)6-8-14/h11,13-15H,3-10H2,1-2H3. The van der Waals surface area contributed by atoms with Crippen molar-refractivity contribution in [3.05, 3.63) is 0 Å². The van der Waals surface area contributed by atoms with Gasteiger partial charge in [0, 0.05) is 19.6 Å². The molecular formula is C11H26NO6P. The van der Waals surface area contributed by atoms with Crippen molar-refractivity contribution < 1.29 is 28.9 Å². The first-order chi connectivity index (χ1) is 9.01. The highest BCUT2D eigenvalue weighted by Crippen LogP contribution is 2.48. The molecule has 1 unspecified atom stereocenters. The van der Waals surface area contributed by atoms with E-state index in [9.17, 15) is 9.67 Å². The molecule has 0 bridgehead atoms. The van der Waals surface area contributed by atoms with Crippen LogP contribution in [0.15, 0.2) is 0 Å². The van der Waals surface area contributed by atoms with Crippen LogP contribution in [0.2, 0.25) is 0 Å². The third-order valence-electron chi connectivity index (χ3n) is 2.39. The van der Waals surface area contributed by atoms with E-state index in [2.05, 4.69) is 0 Å². The summed E-state index contributed by atoms with van der Waals surface area (Å²) >= 11 is 0. The fourth-order valence-electron chi connectivity index (χ4n) is 1.73. The SMILES string of the molecule is CCOP(=O)(CC(O)CN(CCO)CCO)OCC. The normalized spacial score (nSPS) is 14.0. The Labute approximate surface area is 114 Å². The minimum absolute atomic E-state index is 0.0682. The number of aliphatic hydroxyl groups is 3. The van der Waals surface area contributed by atoms with Gasteiger partial charge in [-0.2, -0.15) is 0 Å². The molecule has 0 aromatic heterocycles. The smallest absolute Gasteiger partial charge is 0.333 e. The summed E-state index contributed by atoms with van der Waals surface area (Å²) in [4.78, 5) is 1.69. The minimum Gasteiger partial charge on any atom is -0.395 e. The quantitative estimate of drug-likeness (QED) is 0.433. The Balaban J connectivity index is 4.37. The summed E-state index contributed by atoms with van der Waals surface area (Å²) in [5, 5.41) is 27.7. The molecule has 0 rings (SSSR count). The maximum absolute atomic E-state index is 12.2. The lowest BCUT2D eigenvalue weighted by atomic mass is 10.3. The van der Waals surface area contributed by atoms with Crippen LogP contribution in [0.5, 0.6) is 0 Å². The second kappa shape index (κ2) is 10.7. The summed E-state index contributed by atoms with van der Waals surface area (Å²) < 4.78 is 22.4. The number of hydrogen-bond donors (Lipinski definition) is 3. The van der Waals surface area contributed by atoms with Gasteiger partial charge in [0.1, 0.15) is 0 Å². The summed E-state index contributed by atoms with van der Waals surface area (Å²) in [6.45, 7) is 4.66. The van der Waals surface area contributed by atoms with Gasteiger partial charge >= 0.3 is 7.60 Å². The van der Waals surface area contributed by atoms with Gasteiger partial charge in [-0.3, -0.25) is 9.46 Å². The van der Waals surface area contributed by atoms with E-state index < -0.39 is 13.7 Å². The highest BCUT2D eigenvalue weighted by atomic mass is 31.2. The maximum atomic E-state index is 12.2. The molecular weight excluding hydrogens is 273 g/mol. The van der Waals surface area contributed by atoms with Gasteiger partial charge < -0.3 is 24.4 Å². The van der Waals surface area contributed by atoms with Gasteiger partial charge in [-0.1, -0.05) is 0 Å². The monoisotopic (exact) mass is 299 g/mol. The lowest BCUT2D eigenvalue weighted by molar-refractivity contribution is 0.0932. The van der Waals surface area contributed by atoms with E-state index in [1.807, 2.05) is 0 Å². The van der Waals surface area contributed by atoms with Crippen molar-refractivity contribution in [1.82, 2.24) is 4.90 Å². The van der Waals surface area contributed by atoms with Crippen molar-refractivity contribution >= 4 is 7.60 Å². The van der Waals surface area contributed by atoms with Crippen LogP contribution in [0, 0.1) is 0 Å². The first-order valence-electron chi connectivity index (χ1n) is 6.51. The fraction of sp³-hybridized carbons (Fsp3) is 1.00. The highest BCUT2D eigenvalue weighted by molar-refractivity contribution is 7.53. The molecule has 0 aliphatic carbocycles. The number of nitrogens with zero attached hydrogens (tertiary/aromatic N) is 1. The van der Waals surface area contributed by atoms with Gasteiger partial charge in [-0.25, -0.2) is 0 Å². The van der Waals surface area contributed by atoms with Gasteiger partial charge in [-0.05, 0) is 13.8 Å². The molecule has 0 aromatic carbocycles. The third-order valence-corrected chi connectivity index (χ3v) is 4.56. The predicted molar refractivity (Wildman–Crippen MR) is 72.3 cm³/mol. The molecule has 0 saturated carbocycles. The molecule has 0 fully saturated rings. The molecule has 7 nitrogen and oxygen atoms in total. The summed E-state index contributed by atoms with van der Waals surface area (Å²) in [7, 11) is -3.27. The third kappa shape index (κ3) is 8.70. The Hall–Kier alpha value is -0.0100. The Morgan fingerprint density at radius 3 is 1.95 bits per heavy atom. The molecule has 8 heteroatoms. The Bertz CT molecular complexity index is 250. The zero-order valence-electron chi connectivity index (χ0n) is 11.7. The summed E-state index contributed by atoms with van der Waals surface area (Å²) in [5.41, 5.74) is 0. The van der Waals surface area contributed by atoms with Crippen LogP contribution in [0.1, 0.15) is 13.8 Å². The zero-order chi connectivity index (χ0) is 14.7. The topological polar surface area (TPSA) is 99.5 Å². The molecule has 19 heavy (non-hydrogen) atoms. The van der Waals surface area contributed by atoms with Crippen LogP contribution in [0.3, 0.4) is 0 Å². The second-order valence-corrected chi connectivity index (χ2v) is 6.13. The van der Waals surface area contributed by atoms with E-state index >= 15 is 0 Å². The molecule has 0 heterocycles. The van der Waals surface area contributed by atoms with E-state index in [1.165, 1.54) is 0 Å². The Morgan fingerprint density at radius 1 is 1.11 bits per heavy atom. The van der Waals surface area contributed by atoms with Crippen LogP contribution in [0.4, 0.5) is 0 Å². The van der Waals surface area contributed by atoms with Crippen LogP contribution in [0.25, 0.3) is 0 Å². The second-order valence-electron chi connectivity index (χ2n) is 4.03. The summed E-state index contributed by atoms with van der Waals surface area (Å²) in [5.74, 6) is 0. The molecule has 3 N–H and O–H groups in total. The first-order valence-corrected chi connectivity index (χ1v) is 8.24. The maximum Gasteiger partial charge on any atom is 0.333 e. The summed E-state index contributed by atoms with van der Waals surface area (Å²) in [6.07, 6.45) is -0.996. The van der Waals surface area contributed by atoms with E-state index in [0.717, 1.165) is 0 Å². The van der Waals surface area contributed by atoms with Gasteiger partial charge in [0.2, 0.25) is 0 Å². The van der Waals surface area contributed by atoms with Crippen molar-refractivity contribution in [2.24, 2.45) is 0 Å². The Kier molecular flexibility index (Phi) is 10.7. The van der Waals surface area contributed by atoms with Gasteiger partial charge in [-0.15, -0.1) is 0 Å². The molecule has 0 amide bonds. The van der Waals surface area contributed by atoms with Crippen molar-refractivity contribution in [3.8, 4) is 0 Å².